The molecule has 2 aromatic rings. The predicted octanol–water partition coefficient (Wildman–Crippen LogP) is 3.53. The van der Waals surface area contributed by atoms with Crippen LogP contribution in [0.5, 0.6) is 0 Å². The molecule has 0 spiro atoms. The van der Waals surface area contributed by atoms with E-state index in [1.54, 1.807) is 36.1 Å². The summed E-state index contributed by atoms with van der Waals surface area (Å²) in [6.45, 7) is 8.27. The molecule has 0 radical (unpaired) electrons. The number of imide groups is 1. The number of hydrogen-bond acceptors (Lipinski definition) is 4. The van der Waals surface area contributed by atoms with Gasteiger partial charge in [-0.3, -0.25) is 19.3 Å². The Balaban J connectivity index is 1.69. The number of hydrogen-bond donors (Lipinski definition) is 2. The average molecular weight is 465 g/mol. The summed E-state index contributed by atoms with van der Waals surface area (Å²) in [6, 6.07) is 13.6. The van der Waals surface area contributed by atoms with E-state index in [1.165, 1.54) is 0 Å². The number of urea groups is 1. The molecule has 0 aromatic heterocycles. The van der Waals surface area contributed by atoms with Gasteiger partial charge in [0.05, 0.1) is 0 Å². The van der Waals surface area contributed by atoms with Gasteiger partial charge in [0, 0.05) is 24.3 Å². The lowest BCUT2D eigenvalue weighted by molar-refractivity contribution is -0.133. The second-order valence-corrected chi connectivity index (χ2v) is 8.50. The minimum absolute atomic E-state index is 0.129. The molecule has 1 aliphatic rings. The molecule has 0 bridgehead atoms. The lowest BCUT2D eigenvalue weighted by atomic mass is 9.91. The zero-order valence-electron chi connectivity index (χ0n) is 20.2. The number of rotatable bonds is 9. The van der Waals surface area contributed by atoms with Gasteiger partial charge >= 0.3 is 6.03 Å². The maximum Gasteiger partial charge on any atom is 0.325 e. The summed E-state index contributed by atoms with van der Waals surface area (Å²) in [7, 11) is 0. The van der Waals surface area contributed by atoms with E-state index in [-0.39, 0.29) is 5.91 Å². The van der Waals surface area contributed by atoms with Crippen LogP contribution < -0.4 is 10.6 Å². The van der Waals surface area contributed by atoms with Crippen LogP contribution in [0.2, 0.25) is 0 Å². The molecule has 0 aliphatic carbocycles. The third-order valence-electron chi connectivity index (χ3n) is 6.09. The quantitative estimate of drug-likeness (QED) is 0.555. The van der Waals surface area contributed by atoms with Gasteiger partial charge in [0.2, 0.25) is 5.91 Å². The topological polar surface area (TPSA) is 98.8 Å². The van der Waals surface area contributed by atoms with Crippen molar-refractivity contribution in [3.63, 3.8) is 0 Å². The number of carbonyl (C=O) groups is 4. The van der Waals surface area contributed by atoms with Gasteiger partial charge in [-0.05, 0) is 56.5 Å². The Morgan fingerprint density at radius 1 is 1.03 bits per heavy atom. The highest BCUT2D eigenvalue weighted by molar-refractivity contribution is 6.10. The summed E-state index contributed by atoms with van der Waals surface area (Å²) < 4.78 is 0. The number of amides is 5. The van der Waals surface area contributed by atoms with Crippen molar-refractivity contribution in [1.29, 1.82) is 0 Å². The Labute approximate surface area is 200 Å². The van der Waals surface area contributed by atoms with Crippen LogP contribution in [0.15, 0.2) is 48.5 Å². The Hall–Kier alpha value is -3.68. The summed E-state index contributed by atoms with van der Waals surface area (Å²) in [5.74, 6) is -1.14. The Bertz CT molecular complexity index is 1080. The molecule has 1 saturated heterocycles. The molecule has 8 heteroatoms. The predicted molar refractivity (Wildman–Crippen MR) is 130 cm³/mol. The molecule has 1 unspecified atom stereocenters. The number of nitrogens with one attached hydrogen (secondary N) is 2. The first-order chi connectivity index (χ1) is 16.2. The summed E-state index contributed by atoms with van der Waals surface area (Å²) >= 11 is 0. The van der Waals surface area contributed by atoms with Gasteiger partial charge in [0.25, 0.3) is 11.8 Å². The minimum atomic E-state index is -1.24. The minimum Gasteiger partial charge on any atom is -0.339 e. The van der Waals surface area contributed by atoms with Crippen molar-refractivity contribution in [2.45, 2.75) is 46.1 Å². The molecule has 1 fully saturated rings. The zero-order valence-corrected chi connectivity index (χ0v) is 20.2. The molecule has 0 saturated carbocycles. The normalized spacial score (nSPS) is 17.5. The van der Waals surface area contributed by atoms with Crippen LogP contribution in [0.25, 0.3) is 0 Å². The number of anilines is 1. The molecule has 2 aromatic carbocycles. The molecule has 1 heterocycles. The molecular formula is C26H32N4O4. The maximum absolute atomic E-state index is 13.1. The van der Waals surface area contributed by atoms with Crippen molar-refractivity contribution in [2.24, 2.45) is 0 Å². The number of nitrogens with zero attached hydrogens (tertiary/aromatic N) is 2. The first-order valence-electron chi connectivity index (χ1n) is 11.7. The Kier molecular flexibility index (Phi) is 7.71. The zero-order chi connectivity index (χ0) is 24.9. The monoisotopic (exact) mass is 464 g/mol. The molecule has 8 nitrogen and oxygen atoms in total. The number of aryl methyl sites for hydroxylation is 1. The van der Waals surface area contributed by atoms with Crippen LogP contribution in [0.1, 0.15) is 55.6 Å². The van der Waals surface area contributed by atoms with E-state index in [0.29, 0.717) is 29.9 Å². The highest BCUT2D eigenvalue weighted by Gasteiger charge is 2.49. The van der Waals surface area contributed by atoms with E-state index in [9.17, 15) is 19.2 Å². The average Bonchev–Trinajstić information content (AvgIpc) is 3.04. The second kappa shape index (κ2) is 10.5. The van der Waals surface area contributed by atoms with Crippen molar-refractivity contribution in [3.05, 3.63) is 65.2 Å². The van der Waals surface area contributed by atoms with Crippen molar-refractivity contribution in [1.82, 2.24) is 15.1 Å². The van der Waals surface area contributed by atoms with E-state index < -0.39 is 29.9 Å². The van der Waals surface area contributed by atoms with E-state index >= 15 is 0 Å². The van der Waals surface area contributed by atoms with Crippen LogP contribution in [0.3, 0.4) is 0 Å². The Morgan fingerprint density at radius 3 is 2.32 bits per heavy atom. The van der Waals surface area contributed by atoms with Crippen molar-refractivity contribution in [2.75, 3.05) is 25.0 Å². The van der Waals surface area contributed by atoms with Crippen molar-refractivity contribution in [3.8, 4) is 0 Å². The molecule has 3 rings (SSSR count). The summed E-state index contributed by atoms with van der Waals surface area (Å²) in [4.78, 5) is 53.6. The third kappa shape index (κ3) is 5.11. The van der Waals surface area contributed by atoms with Gasteiger partial charge in [-0.15, -0.1) is 0 Å². The Morgan fingerprint density at radius 2 is 1.71 bits per heavy atom. The fourth-order valence-corrected chi connectivity index (χ4v) is 4.10. The van der Waals surface area contributed by atoms with Crippen LogP contribution in [-0.4, -0.2) is 53.2 Å². The molecule has 2 N–H and O–H groups in total. The largest absolute Gasteiger partial charge is 0.339 e. The standard InChI is InChI=1S/C26H32N4O4/c1-5-9-18-12-14-20(15-13-18)26(4)24(33)30(25(34)28-26)17-22(31)27-21-11-8-10-19(16-21)23(32)29(6-2)7-3/h8,10-16H,5-7,9,17H2,1-4H3,(H,27,31)(H,28,34). The van der Waals surface area contributed by atoms with Gasteiger partial charge in [-0.2, -0.15) is 0 Å². The lowest BCUT2D eigenvalue weighted by Crippen LogP contribution is -2.42. The summed E-state index contributed by atoms with van der Waals surface area (Å²) in [6.07, 6.45) is 1.95. The molecule has 1 atom stereocenters. The van der Waals surface area contributed by atoms with E-state index in [1.807, 2.05) is 38.1 Å². The number of benzene rings is 2. The molecular weight excluding hydrogens is 432 g/mol. The highest BCUT2D eigenvalue weighted by atomic mass is 16.2. The fraction of sp³-hybridized carbons (Fsp3) is 0.385. The molecule has 5 amide bonds. The van der Waals surface area contributed by atoms with E-state index in [0.717, 1.165) is 23.3 Å². The molecule has 1 aliphatic heterocycles. The smallest absolute Gasteiger partial charge is 0.325 e. The SMILES string of the molecule is CCCc1ccc(C2(C)NC(=O)N(CC(=O)Nc3cccc(C(=O)N(CC)CC)c3)C2=O)cc1. The van der Waals surface area contributed by atoms with Crippen LogP contribution in [0.4, 0.5) is 10.5 Å². The maximum atomic E-state index is 13.1. The molecule has 34 heavy (non-hydrogen) atoms. The van der Waals surface area contributed by atoms with Crippen LogP contribution >= 0.6 is 0 Å². The van der Waals surface area contributed by atoms with Crippen molar-refractivity contribution < 1.29 is 19.2 Å². The molecule has 180 valence electrons. The van der Waals surface area contributed by atoms with Gasteiger partial charge in [0.1, 0.15) is 12.1 Å². The van der Waals surface area contributed by atoms with Crippen molar-refractivity contribution >= 4 is 29.4 Å². The number of carbonyl (C=O) groups excluding carboxylic acids is 4. The van der Waals surface area contributed by atoms with Gasteiger partial charge in [0.15, 0.2) is 0 Å². The van der Waals surface area contributed by atoms with E-state index in [4.69, 9.17) is 0 Å². The van der Waals surface area contributed by atoms with E-state index in [2.05, 4.69) is 17.6 Å². The van der Waals surface area contributed by atoms with Crippen LogP contribution in [0, 0.1) is 0 Å². The lowest BCUT2D eigenvalue weighted by Gasteiger charge is -2.22. The van der Waals surface area contributed by atoms with Gasteiger partial charge in [-0.25, -0.2) is 4.79 Å². The van der Waals surface area contributed by atoms with Gasteiger partial charge in [-0.1, -0.05) is 43.7 Å². The second-order valence-electron chi connectivity index (χ2n) is 8.50. The first kappa shape index (κ1) is 25.0. The fourth-order valence-electron chi connectivity index (χ4n) is 4.10. The first-order valence-corrected chi connectivity index (χ1v) is 11.7. The van der Waals surface area contributed by atoms with Crippen LogP contribution in [-0.2, 0) is 21.5 Å². The van der Waals surface area contributed by atoms with Gasteiger partial charge < -0.3 is 15.5 Å². The highest BCUT2D eigenvalue weighted by Crippen LogP contribution is 2.29. The summed E-state index contributed by atoms with van der Waals surface area (Å²) in [5, 5.41) is 5.41. The third-order valence-corrected chi connectivity index (χ3v) is 6.09. The summed E-state index contributed by atoms with van der Waals surface area (Å²) in [5.41, 5.74) is 1.46.